The summed E-state index contributed by atoms with van der Waals surface area (Å²) in [6.45, 7) is 0. The van der Waals surface area contributed by atoms with Crippen LogP contribution in [-0.4, -0.2) is 28.1 Å². The number of amides is 3. The molecule has 3 amide bonds. The first-order valence-corrected chi connectivity index (χ1v) is 12.5. The van der Waals surface area contributed by atoms with Crippen LogP contribution in [0.5, 0.6) is 0 Å². The Kier molecular flexibility index (Phi) is 7.23. The molecule has 0 spiro atoms. The van der Waals surface area contributed by atoms with Gasteiger partial charge in [-0.25, -0.2) is 4.39 Å². The lowest BCUT2D eigenvalue weighted by atomic mass is 9.95. The molecule has 0 radical (unpaired) electrons. The second-order valence-electron chi connectivity index (χ2n) is 8.05. The fraction of sp³-hybridized carbons (Fsp3) is 0.304. The van der Waals surface area contributed by atoms with Gasteiger partial charge in [0.2, 0.25) is 5.91 Å². The third-order valence-electron chi connectivity index (χ3n) is 5.75. The summed E-state index contributed by atoms with van der Waals surface area (Å²) in [7, 11) is 0. The molecule has 1 saturated carbocycles. The zero-order valence-corrected chi connectivity index (χ0v) is 19.8. The van der Waals surface area contributed by atoms with E-state index in [4.69, 9.17) is 11.5 Å². The normalized spacial score (nSPS) is 15.0. The van der Waals surface area contributed by atoms with Gasteiger partial charge in [0.05, 0.1) is 5.69 Å². The first-order chi connectivity index (χ1) is 16.4. The van der Waals surface area contributed by atoms with Gasteiger partial charge in [-0.1, -0.05) is 25.3 Å². The maximum atomic E-state index is 13.8. The van der Waals surface area contributed by atoms with Crippen LogP contribution < -0.4 is 21.7 Å². The number of nitrogen functional groups attached to an aromatic ring is 1. The Hall–Kier alpha value is -3.31. The second kappa shape index (κ2) is 10.3. The number of nitrogens with two attached hydrogens (primary N) is 2. The molecule has 5 N–H and O–H groups in total. The largest absolute Gasteiger partial charge is 0.395 e. The van der Waals surface area contributed by atoms with Crippen molar-refractivity contribution in [1.29, 1.82) is 0 Å². The van der Waals surface area contributed by atoms with E-state index >= 15 is 0 Å². The molecule has 4 rings (SSSR count). The van der Waals surface area contributed by atoms with Gasteiger partial charge >= 0.3 is 0 Å². The lowest BCUT2D eigenvalue weighted by molar-refractivity contribution is -0.123. The summed E-state index contributed by atoms with van der Waals surface area (Å²) in [6.07, 6.45) is 4.94. The summed E-state index contributed by atoms with van der Waals surface area (Å²) in [5.74, 6) is -2.31. The van der Waals surface area contributed by atoms with Crippen LogP contribution in [0.15, 0.2) is 41.8 Å². The zero-order chi connectivity index (χ0) is 24.2. The Morgan fingerprint density at radius 2 is 1.82 bits per heavy atom. The van der Waals surface area contributed by atoms with Gasteiger partial charge in [0.15, 0.2) is 11.7 Å². The molecule has 1 atom stereocenters. The third kappa shape index (κ3) is 4.95. The van der Waals surface area contributed by atoms with Crippen molar-refractivity contribution in [3.8, 4) is 0 Å². The van der Waals surface area contributed by atoms with Crippen molar-refractivity contribution in [3.05, 3.63) is 63.0 Å². The molecule has 1 aliphatic rings. The molecular formula is C23H24FN5O3S2. The SMILES string of the molecule is NC(=O)c1nsc(C(=O)N(c2ccc(F)cc2)[C@@H](C(=O)NC2CCCCC2)c2cccs2)c1N. The van der Waals surface area contributed by atoms with E-state index in [0.717, 1.165) is 43.6 Å². The van der Waals surface area contributed by atoms with Crippen LogP contribution in [0.3, 0.4) is 0 Å². The summed E-state index contributed by atoms with van der Waals surface area (Å²) < 4.78 is 17.6. The monoisotopic (exact) mass is 501 g/mol. The fourth-order valence-electron chi connectivity index (χ4n) is 4.07. The minimum Gasteiger partial charge on any atom is -0.395 e. The minimum absolute atomic E-state index is 0.0174. The van der Waals surface area contributed by atoms with Crippen molar-refractivity contribution in [3.63, 3.8) is 0 Å². The van der Waals surface area contributed by atoms with Crippen molar-refractivity contribution >= 4 is 52.0 Å². The second-order valence-corrected chi connectivity index (χ2v) is 9.80. The number of nitrogens with zero attached hydrogens (tertiary/aromatic N) is 2. The van der Waals surface area contributed by atoms with Gasteiger partial charge < -0.3 is 16.8 Å². The Morgan fingerprint density at radius 1 is 1.12 bits per heavy atom. The number of halogens is 1. The maximum absolute atomic E-state index is 13.8. The molecule has 8 nitrogen and oxygen atoms in total. The topological polar surface area (TPSA) is 131 Å². The number of benzene rings is 1. The average molecular weight is 502 g/mol. The molecule has 1 aromatic carbocycles. The fourth-order valence-corrected chi connectivity index (χ4v) is 5.63. The molecule has 3 aromatic rings. The maximum Gasteiger partial charge on any atom is 0.273 e. The summed E-state index contributed by atoms with van der Waals surface area (Å²) in [5.41, 5.74) is 11.3. The van der Waals surface area contributed by atoms with E-state index in [1.165, 1.54) is 40.5 Å². The Morgan fingerprint density at radius 3 is 2.41 bits per heavy atom. The number of carbonyl (C=O) groups is 3. The molecule has 2 aromatic heterocycles. The third-order valence-corrected chi connectivity index (χ3v) is 7.53. The number of hydrogen-bond acceptors (Lipinski definition) is 7. The number of primary amides is 1. The van der Waals surface area contributed by atoms with Crippen LogP contribution in [0.1, 0.15) is 63.2 Å². The zero-order valence-electron chi connectivity index (χ0n) is 18.2. The number of hydrogen-bond donors (Lipinski definition) is 3. The van der Waals surface area contributed by atoms with Crippen LogP contribution in [0, 0.1) is 5.82 Å². The van der Waals surface area contributed by atoms with Crippen molar-refractivity contribution in [2.75, 3.05) is 10.6 Å². The highest BCUT2D eigenvalue weighted by Gasteiger charge is 2.37. The smallest absolute Gasteiger partial charge is 0.273 e. The van der Waals surface area contributed by atoms with Crippen LogP contribution in [0.4, 0.5) is 15.8 Å². The number of anilines is 2. The van der Waals surface area contributed by atoms with E-state index < -0.39 is 23.7 Å². The molecule has 1 fully saturated rings. The number of rotatable bonds is 7. The summed E-state index contributed by atoms with van der Waals surface area (Å²) >= 11 is 2.06. The quantitative estimate of drug-likeness (QED) is 0.452. The first kappa shape index (κ1) is 23.8. The van der Waals surface area contributed by atoms with Crippen LogP contribution >= 0.6 is 22.9 Å². The van der Waals surface area contributed by atoms with E-state index in [1.54, 1.807) is 12.1 Å². The average Bonchev–Trinajstić information content (AvgIpc) is 3.48. The van der Waals surface area contributed by atoms with Crippen molar-refractivity contribution in [1.82, 2.24) is 9.69 Å². The lowest BCUT2D eigenvalue weighted by Gasteiger charge is -2.32. The summed E-state index contributed by atoms with van der Waals surface area (Å²) in [5, 5.41) is 4.91. The Balaban J connectivity index is 1.78. The Bertz CT molecular complexity index is 1170. The van der Waals surface area contributed by atoms with Gasteiger partial charge in [-0.05, 0) is 60.1 Å². The van der Waals surface area contributed by atoms with Crippen molar-refractivity contribution in [2.45, 2.75) is 44.2 Å². The van der Waals surface area contributed by atoms with Crippen LogP contribution in [0.2, 0.25) is 0 Å². The first-order valence-electron chi connectivity index (χ1n) is 10.8. The highest BCUT2D eigenvalue weighted by molar-refractivity contribution is 7.10. The molecule has 1 aliphatic carbocycles. The van der Waals surface area contributed by atoms with Gasteiger partial charge in [0.25, 0.3) is 11.8 Å². The molecule has 0 aliphatic heterocycles. The number of thiophene rings is 1. The predicted molar refractivity (Wildman–Crippen MR) is 130 cm³/mol. The molecule has 0 unspecified atom stereocenters. The van der Waals surface area contributed by atoms with E-state index in [1.807, 2.05) is 5.38 Å². The van der Waals surface area contributed by atoms with Crippen molar-refractivity contribution < 1.29 is 18.8 Å². The van der Waals surface area contributed by atoms with Crippen LogP contribution in [0.25, 0.3) is 0 Å². The van der Waals surface area contributed by atoms with E-state index in [0.29, 0.717) is 10.6 Å². The molecule has 0 bridgehead atoms. The molecular weight excluding hydrogens is 477 g/mol. The molecule has 0 saturated heterocycles. The Labute approximate surface area is 203 Å². The minimum atomic E-state index is -1.03. The summed E-state index contributed by atoms with van der Waals surface area (Å²) in [4.78, 5) is 41.0. The van der Waals surface area contributed by atoms with Gasteiger partial charge in [-0.3, -0.25) is 19.3 Å². The number of carbonyl (C=O) groups excluding carboxylic acids is 3. The summed E-state index contributed by atoms with van der Waals surface area (Å²) in [6, 6.07) is 7.82. The van der Waals surface area contributed by atoms with E-state index in [-0.39, 0.29) is 28.2 Å². The highest BCUT2D eigenvalue weighted by Crippen LogP contribution is 2.35. The lowest BCUT2D eigenvalue weighted by Crippen LogP contribution is -2.47. The molecule has 178 valence electrons. The van der Waals surface area contributed by atoms with Crippen LogP contribution in [-0.2, 0) is 4.79 Å². The van der Waals surface area contributed by atoms with Gasteiger partial charge in [-0.15, -0.1) is 11.3 Å². The predicted octanol–water partition coefficient (Wildman–Crippen LogP) is 3.86. The van der Waals surface area contributed by atoms with Gasteiger partial charge in [0.1, 0.15) is 10.7 Å². The van der Waals surface area contributed by atoms with Gasteiger partial charge in [-0.2, -0.15) is 4.37 Å². The molecule has 34 heavy (non-hydrogen) atoms. The van der Waals surface area contributed by atoms with E-state index in [9.17, 15) is 18.8 Å². The standard InChI is InChI=1S/C23H24FN5O3S2/c24-13-8-10-15(11-9-13)29(23(32)20-17(25)18(21(26)30)28-34-20)19(16-7-4-12-33-16)22(31)27-14-5-2-1-3-6-14/h4,7-12,14,19H,1-3,5-6,25H2,(H2,26,30)(H,27,31)/t19-/m1/s1. The molecule has 2 heterocycles. The number of nitrogens with one attached hydrogen (secondary N) is 1. The van der Waals surface area contributed by atoms with Crippen molar-refractivity contribution in [2.24, 2.45) is 5.73 Å². The van der Waals surface area contributed by atoms with E-state index in [2.05, 4.69) is 9.69 Å². The highest BCUT2D eigenvalue weighted by atomic mass is 32.1. The van der Waals surface area contributed by atoms with Gasteiger partial charge in [0, 0.05) is 16.6 Å². The number of aromatic nitrogens is 1. The molecule has 11 heteroatoms.